The lowest BCUT2D eigenvalue weighted by Gasteiger charge is -2.12. The number of tetrazole rings is 1. The van der Waals surface area contributed by atoms with Crippen molar-refractivity contribution in [3.63, 3.8) is 0 Å². The van der Waals surface area contributed by atoms with E-state index in [0.717, 1.165) is 17.7 Å². The van der Waals surface area contributed by atoms with Gasteiger partial charge in [-0.05, 0) is 36.3 Å². The smallest absolute Gasteiger partial charge is 0.244 e. The number of amides is 1. The third-order valence-electron chi connectivity index (χ3n) is 2.97. The van der Waals surface area contributed by atoms with Crippen LogP contribution in [-0.4, -0.2) is 26.5 Å². The van der Waals surface area contributed by atoms with Crippen LogP contribution in [0.25, 0.3) is 6.08 Å². The van der Waals surface area contributed by atoms with Crippen molar-refractivity contribution in [3.05, 3.63) is 34.3 Å². The summed E-state index contributed by atoms with van der Waals surface area (Å²) in [6, 6.07) is 3.78. The van der Waals surface area contributed by atoms with Gasteiger partial charge in [-0.25, -0.2) is 0 Å². The molecule has 2 aromatic rings. The fraction of sp³-hybridized carbons (Fsp3) is 0.333. The Morgan fingerprint density at radius 2 is 2.47 bits per heavy atom. The summed E-state index contributed by atoms with van der Waals surface area (Å²) < 4.78 is 0. The van der Waals surface area contributed by atoms with Crippen molar-refractivity contribution < 1.29 is 4.79 Å². The highest BCUT2D eigenvalue weighted by Crippen LogP contribution is 2.39. The summed E-state index contributed by atoms with van der Waals surface area (Å²) >= 11 is 1.59. The first-order chi connectivity index (χ1) is 9.33. The monoisotopic (exact) mass is 275 g/mol. The zero-order valence-corrected chi connectivity index (χ0v) is 10.9. The molecule has 0 saturated heterocycles. The first kappa shape index (κ1) is 12.0. The van der Waals surface area contributed by atoms with E-state index >= 15 is 0 Å². The summed E-state index contributed by atoms with van der Waals surface area (Å²) in [5.74, 6) is 0.854. The number of hydrogen-bond acceptors (Lipinski definition) is 5. The van der Waals surface area contributed by atoms with E-state index in [-0.39, 0.29) is 11.9 Å². The Morgan fingerprint density at radius 1 is 1.58 bits per heavy atom. The average molecular weight is 275 g/mol. The largest absolute Gasteiger partial charge is 0.342 e. The number of nitrogens with one attached hydrogen (secondary N) is 2. The number of carbonyl (C=O) groups is 1. The minimum absolute atomic E-state index is 0.130. The molecule has 0 radical (unpaired) electrons. The van der Waals surface area contributed by atoms with Crippen LogP contribution in [0.1, 0.15) is 29.6 Å². The first-order valence-electron chi connectivity index (χ1n) is 6.08. The van der Waals surface area contributed by atoms with Gasteiger partial charge in [-0.1, -0.05) is 11.3 Å². The molecule has 1 fully saturated rings. The molecule has 7 heteroatoms. The lowest BCUT2D eigenvalue weighted by Crippen LogP contribution is -2.29. The summed E-state index contributed by atoms with van der Waals surface area (Å²) in [7, 11) is 0. The second-order valence-electron chi connectivity index (χ2n) is 4.44. The number of aromatic nitrogens is 4. The Balaban J connectivity index is 1.64. The molecule has 0 bridgehead atoms. The lowest BCUT2D eigenvalue weighted by molar-refractivity contribution is -0.117. The molecule has 1 aliphatic carbocycles. The van der Waals surface area contributed by atoms with E-state index in [0.29, 0.717) is 11.7 Å². The van der Waals surface area contributed by atoms with Crippen LogP contribution in [-0.2, 0) is 4.79 Å². The van der Waals surface area contributed by atoms with Crippen molar-refractivity contribution >= 4 is 23.3 Å². The molecular weight excluding hydrogens is 262 g/mol. The van der Waals surface area contributed by atoms with Crippen LogP contribution >= 0.6 is 11.3 Å². The van der Waals surface area contributed by atoms with Crippen LogP contribution in [0, 0.1) is 5.92 Å². The van der Waals surface area contributed by atoms with Gasteiger partial charge in [0.1, 0.15) is 0 Å². The van der Waals surface area contributed by atoms with Gasteiger partial charge in [-0.3, -0.25) is 4.79 Å². The summed E-state index contributed by atoms with van der Waals surface area (Å²) in [6.45, 7) is 0. The topological polar surface area (TPSA) is 83.6 Å². The number of aromatic amines is 1. The first-order valence-corrected chi connectivity index (χ1v) is 6.96. The minimum Gasteiger partial charge on any atom is -0.342 e. The molecule has 0 spiro atoms. The predicted octanol–water partition coefficient (Wildman–Crippen LogP) is 1.54. The van der Waals surface area contributed by atoms with Gasteiger partial charge in [-0.15, -0.1) is 21.5 Å². The average Bonchev–Trinajstić information content (AvgIpc) is 2.93. The molecule has 3 rings (SSSR count). The van der Waals surface area contributed by atoms with E-state index in [9.17, 15) is 4.79 Å². The molecular formula is C12H13N5OS. The highest BCUT2D eigenvalue weighted by molar-refractivity contribution is 7.10. The Bertz CT molecular complexity index is 559. The Morgan fingerprint density at radius 3 is 3.11 bits per heavy atom. The number of thiophene rings is 1. The highest BCUT2D eigenvalue weighted by atomic mass is 32.1. The fourth-order valence-corrected chi connectivity index (χ4v) is 2.49. The standard InChI is InChI=1S/C12H13N5OS/c18-10(6-5-9-2-1-7-19-9)13-11(8-3-4-8)12-14-16-17-15-12/h1-2,5-8,11H,3-4H2,(H,13,18)(H,14,15,16,17)/b6-5+. The maximum Gasteiger partial charge on any atom is 0.244 e. The molecule has 0 aliphatic heterocycles. The zero-order chi connectivity index (χ0) is 13.1. The highest BCUT2D eigenvalue weighted by Gasteiger charge is 2.35. The van der Waals surface area contributed by atoms with Crippen LogP contribution < -0.4 is 5.32 Å². The van der Waals surface area contributed by atoms with Gasteiger partial charge >= 0.3 is 0 Å². The number of rotatable bonds is 5. The Hall–Kier alpha value is -2.02. The molecule has 1 atom stereocenters. The van der Waals surface area contributed by atoms with Gasteiger partial charge in [0.25, 0.3) is 0 Å². The van der Waals surface area contributed by atoms with E-state index < -0.39 is 0 Å². The van der Waals surface area contributed by atoms with Crippen molar-refractivity contribution in [1.29, 1.82) is 0 Å². The van der Waals surface area contributed by atoms with Crippen LogP contribution in [0.3, 0.4) is 0 Å². The summed E-state index contributed by atoms with van der Waals surface area (Å²) in [5, 5.41) is 18.8. The molecule has 19 heavy (non-hydrogen) atoms. The van der Waals surface area contributed by atoms with E-state index in [1.165, 1.54) is 0 Å². The quantitative estimate of drug-likeness (QED) is 0.811. The second-order valence-corrected chi connectivity index (χ2v) is 5.42. The fourth-order valence-electron chi connectivity index (χ4n) is 1.87. The minimum atomic E-state index is -0.140. The van der Waals surface area contributed by atoms with E-state index in [2.05, 4.69) is 25.9 Å². The van der Waals surface area contributed by atoms with Crippen LogP contribution in [0.4, 0.5) is 0 Å². The maximum atomic E-state index is 11.9. The SMILES string of the molecule is O=C(/C=C/c1cccs1)NC(c1nn[nH]n1)C1CC1. The summed E-state index contributed by atoms with van der Waals surface area (Å²) in [6.07, 6.45) is 5.53. The third-order valence-corrected chi connectivity index (χ3v) is 3.81. The van der Waals surface area contributed by atoms with Crippen molar-refractivity contribution in [2.45, 2.75) is 18.9 Å². The molecule has 2 N–H and O–H groups in total. The normalized spacial score (nSPS) is 16.6. The number of hydrogen-bond donors (Lipinski definition) is 2. The summed E-state index contributed by atoms with van der Waals surface area (Å²) in [5.41, 5.74) is 0. The zero-order valence-electron chi connectivity index (χ0n) is 10.1. The Kier molecular flexibility index (Phi) is 3.37. The molecule has 1 amide bonds. The van der Waals surface area contributed by atoms with E-state index in [1.54, 1.807) is 23.5 Å². The van der Waals surface area contributed by atoms with Crippen molar-refractivity contribution in [1.82, 2.24) is 25.9 Å². The molecule has 2 heterocycles. The number of carbonyl (C=O) groups excluding carboxylic acids is 1. The number of nitrogens with zero attached hydrogens (tertiary/aromatic N) is 3. The summed E-state index contributed by atoms with van der Waals surface area (Å²) in [4.78, 5) is 13.0. The molecule has 2 aromatic heterocycles. The third kappa shape index (κ3) is 3.05. The second kappa shape index (κ2) is 5.31. The van der Waals surface area contributed by atoms with Gasteiger partial charge in [0.2, 0.25) is 5.91 Å². The van der Waals surface area contributed by atoms with Crippen molar-refractivity contribution in [2.75, 3.05) is 0 Å². The van der Waals surface area contributed by atoms with Crippen LogP contribution in [0.15, 0.2) is 23.6 Å². The molecule has 1 unspecified atom stereocenters. The van der Waals surface area contributed by atoms with Crippen LogP contribution in [0.2, 0.25) is 0 Å². The molecule has 0 aromatic carbocycles. The lowest BCUT2D eigenvalue weighted by atomic mass is 10.1. The molecule has 1 saturated carbocycles. The van der Waals surface area contributed by atoms with Gasteiger partial charge in [0.15, 0.2) is 5.82 Å². The van der Waals surface area contributed by atoms with E-state index in [4.69, 9.17) is 0 Å². The maximum absolute atomic E-state index is 11.9. The molecule has 6 nitrogen and oxygen atoms in total. The van der Waals surface area contributed by atoms with Crippen molar-refractivity contribution in [2.24, 2.45) is 5.92 Å². The van der Waals surface area contributed by atoms with Gasteiger partial charge in [-0.2, -0.15) is 5.21 Å². The van der Waals surface area contributed by atoms with E-state index in [1.807, 2.05) is 17.5 Å². The van der Waals surface area contributed by atoms with Gasteiger partial charge in [0.05, 0.1) is 6.04 Å². The molecule has 1 aliphatic rings. The van der Waals surface area contributed by atoms with Gasteiger partial charge in [0, 0.05) is 11.0 Å². The number of H-pyrrole nitrogens is 1. The predicted molar refractivity (Wildman–Crippen MR) is 71.1 cm³/mol. The van der Waals surface area contributed by atoms with Crippen LogP contribution in [0.5, 0.6) is 0 Å². The van der Waals surface area contributed by atoms with Crippen molar-refractivity contribution in [3.8, 4) is 0 Å². The molecule has 98 valence electrons. The Labute approximate surface area is 113 Å². The van der Waals surface area contributed by atoms with Gasteiger partial charge < -0.3 is 5.32 Å².